The number of nitrogens with one attached hydrogen (secondary N) is 2. The first-order valence-electron chi connectivity index (χ1n) is 6.99. The van der Waals surface area contributed by atoms with Gasteiger partial charge < -0.3 is 10.1 Å². The highest BCUT2D eigenvalue weighted by Gasteiger charge is 2.16. The molecule has 0 bridgehead atoms. The van der Waals surface area contributed by atoms with Crippen LogP contribution in [0.5, 0.6) is 5.75 Å². The quantitative estimate of drug-likeness (QED) is 0.799. The molecule has 124 valence electrons. The van der Waals surface area contributed by atoms with E-state index in [2.05, 4.69) is 10.0 Å². The van der Waals surface area contributed by atoms with Crippen LogP contribution in [-0.2, 0) is 14.8 Å². The Morgan fingerprint density at radius 3 is 2.70 bits per heavy atom. The molecule has 0 fully saturated rings. The van der Waals surface area contributed by atoms with Crippen molar-refractivity contribution in [2.24, 2.45) is 0 Å². The van der Waals surface area contributed by atoms with E-state index >= 15 is 0 Å². The molecule has 1 aromatic heterocycles. The van der Waals surface area contributed by atoms with Crippen LogP contribution in [0.2, 0.25) is 0 Å². The van der Waals surface area contributed by atoms with Gasteiger partial charge in [0.15, 0.2) is 6.61 Å². The smallest absolute Gasteiger partial charge is 0.271 e. The molecule has 1 aromatic carbocycles. The van der Waals surface area contributed by atoms with Gasteiger partial charge in [-0.2, -0.15) is 0 Å². The van der Waals surface area contributed by atoms with Crippen molar-refractivity contribution < 1.29 is 17.9 Å². The first kappa shape index (κ1) is 17.3. The highest BCUT2D eigenvalue weighted by Crippen LogP contribution is 2.25. The molecule has 2 aromatic rings. The van der Waals surface area contributed by atoms with Crippen LogP contribution in [0.25, 0.3) is 0 Å². The number of thiophene rings is 1. The van der Waals surface area contributed by atoms with Gasteiger partial charge in [0.2, 0.25) is 0 Å². The molecule has 8 heteroatoms. The minimum atomic E-state index is -3.62. The van der Waals surface area contributed by atoms with Crippen molar-refractivity contribution >= 4 is 33.0 Å². The summed E-state index contributed by atoms with van der Waals surface area (Å²) in [5.74, 6) is 0.186. The highest BCUT2D eigenvalue weighted by molar-refractivity contribution is 7.94. The number of amides is 1. The SMILES string of the molecule is CCNC(=O)COc1cccc(NS(=O)(=O)c2ccc(C)s2)c1. The molecule has 0 aliphatic rings. The number of ether oxygens (including phenoxy) is 1. The van der Waals surface area contributed by atoms with Crippen LogP contribution >= 0.6 is 11.3 Å². The fraction of sp³-hybridized carbons (Fsp3) is 0.267. The van der Waals surface area contributed by atoms with Gasteiger partial charge in [-0.25, -0.2) is 8.42 Å². The zero-order valence-electron chi connectivity index (χ0n) is 12.8. The van der Waals surface area contributed by atoms with E-state index in [1.165, 1.54) is 17.4 Å². The number of anilines is 1. The number of carbonyl (C=O) groups is 1. The largest absolute Gasteiger partial charge is 0.484 e. The van der Waals surface area contributed by atoms with E-state index in [4.69, 9.17) is 4.74 Å². The van der Waals surface area contributed by atoms with Crippen LogP contribution in [0.1, 0.15) is 11.8 Å². The Morgan fingerprint density at radius 1 is 1.26 bits per heavy atom. The number of rotatable bonds is 7. The molecule has 0 atom stereocenters. The van der Waals surface area contributed by atoms with Crippen LogP contribution < -0.4 is 14.8 Å². The van der Waals surface area contributed by atoms with Gasteiger partial charge in [0, 0.05) is 17.5 Å². The van der Waals surface area contributed by atoms with Gasteiger partial charge in [-0.15, -0.1) is 11.3 Å². The van der Waals surface area contributed by atoms with Gasteiger partial charge in [0.1, 0.15) is 9.96 Å². The lowest BCUT2D eigenvalue weighted by Crippen LogP contribution is -2.28. The molecule has 6 nitrogen and oxygen atoms in total. The maximum atomic E-state index is 12.3. The van der Waals surface area contributed by atoms with Crippen LogP contribution in [0, 0.1) is 6.92 Å². The summed E-state index contributed by atoms with van der Waals surface area (Å²) in [6.07, 6.45) is 0. The normalized spacial score (nSPS) is 11.0. The lowest BCUT2D eigenvalue weighted by atomic mass is 10.3. The second-order valence-electron chi connectivity index (χ2n) is 4.74. The summed E-state index contributed by atoms with van der Waals surface area (Å²) in [7, 11) is -3.62. The Hall–Kier alpha value is -2.06. The fourth-order valence-corrected chi connectivity index (χ4v) is 4.14. The summed E-state index contributed by atoms with van der Waals surface area (Å²) in [6.45, 7) is 4.08. The predicted molar refractivity (Wildman–Crippen MR) is 90.5 cm³/mol. The summed E-state index contributed by atoms with van der Waals surface area (Å²) >= 11 is 1.20. The van der Waals surface area contributed by atoms with E-state index in [1.807, 2.05) is 13.8 Å². The molecular weight excluding hydrogens is 336 g/mol. The summed E-state index contributed by atoms with van der Waals surface area (Å²) in [5.41, 5.74) is 0.379. The fourth-order valence-electron chi connectivity index (χ4n) is 1.81. The third-order valence-electron chi connectivity index (χ3n) is 2.81. The van der Waals surface area contributed by atoms with E-state index in [0.29, 0.717) is 18.0 Å². The Balaban J connectivity index is 2.06. The second-order valence-corrected chi connectivity index (χ2v) is 7.94. The predicted octanol–water partition coefficient (Wildman–Crippen LogP) is 2.37. The van der Waals surface area contributed by atoms with Crippen molar-refractivity contribution in [2.75, 3.05) is 17.9 Å². The Labute approximate surface area is 139 Å². The third-order valence-corrected chi connectivity index (χ3v) is 5.68. The lowest BCUT2D eigenvalue weighted by Gasteiger charge is -2.09. The molecule has 0 spiro atoms. The maximum Gasteiger partial charge on any atom is 0.271 e. The zero-order valence-corrected chi connectivity index (χ0v) is 14.5. The topological polar surface area (TPSA) is 84.5 Å². The Kier molecular flexibility index (Phi) is 5.62. The van der Waals surface area contributed by atoms with E-state index in [-0.39, 0.29) is 16.7 Å². The Morgan fingerprint density at radius 2 is 2.04 bits per heavy atom. The molecule has 2 N–H and O–H groups in total. The van der Waals surface area contributed by atoms with Gasteiger partial charge >= 0.3 is 0 Å². The summed E-state index contributed by atoms with van der Waals surface area (Å²) in [5, 5.41) is 2.62. The van der Waals surface area contributed by atoms with Crippen LogP contribution in [-0.4, -0.2) is 27.5 Å². The van der Waals surface area contributed by atoms with Gasteiger partial charge in [-0.05, 0) is 38.1 Å². The maximum absolute atomic E-state index is 12.3. The number of carbonyl (C=O) groups excluding carboxylic acids is 1. The van der Waals surface area contributed by atoms with Crippen molar-refractivity contribution in [2.45, 2.75) is 18.1 Å². The average molecular weight is 354 g/mol. The van der Waals surface area contributed by atoms with Gasteiger partial charge in [0.25, 0.3) is 15.9 Å². The van der Waals surface area contributed by atoms with Gasteiger partial charge in [-0.1, -0.05) is 6.07 Å². The monoisotopic (exact) mass is 354 g/mol. The molecule has 0 radical (unpaired) electrons. The minimum Gasteiger partial charge on any atom is -0.484 e. The van der Waals surface area contributed by atoms with Crippen molar-refractivity contribution in [1.82, 2.24) is 5.32 Å². The first-order chi connectivity index (χ1) is 10.9. The van der Waals surface area contributed by atoms with Gasteiger partial charge in [0.05, 0.1) is 5.69 Å². The highest BCUT2D eigenvalue weighted by atomic mass is 32.2. The molecule has 1 amide bonds. The third kappa shape index (κ3) is 4.97. The lowest BCUT2D eigenvalue weighted by molar-refractivity contribution is -0.122. The van der Waals surface area contributed by atoms with E-state index in [1.54, 1.807) is 30.3 Å². The van der Waals surface area contributed by atoms with Crippen LogP contribution in [0.15, 0.2) is 40.6 Å². The molecule has 0 unspecified atom stereocenters. The molecule has 0 saturated heterocycles. The minimum absolute atomic E-state index is 0.117. The molecule has 0 aliphatic carbocycles. The first-order valence-corrected chi connectivity index (χ1v) is 9.29. The molecule has 23 heavy (non-hydrogen) atoms. The number of benzene rings is 1. The number of sulfonamides is 1. The molecule has 0 aliphatic heterocycles. The zero-order chi connectivity index (χ0) is 16.9. The van der Waals surface area contributed by atoms with Crippen LogP contribution in [0.4, 0.5) is 5.69 Å². The molecule has 2 rings (SSSR count). The summed E-state index contributed by atoms with van der Waals surface area (Å²) in [6, 6.07) is 9.80. The van der Waals surface area contributed by atoms with E-state index < -0.39 is 10.0 Å². The number of hydrogen-bond donors (Lipinski definition) is 2. The van der Waals surface area contributed by atoms with Gasteiger partial charge in [-0.3, -0.25) is 9.52 Å². The molecular formula is C15H18N2O4S2. The molecule has 1 heterocycles. The van der Waals surface area contributed by atoms with E-state index in [0.717, 1.165) is 4.88 Å². The Bertz CT molecular complexity index is 784. The van der Waals surface area contributed by atoms with Crippen molar-refractivity contribution in [3.8, 4) is 5.75 Å². The molecule has 0 saturated carbocycles. The number of hydrogen-bond acceptors (Lipinski definition) is 5. The number of likely N-dealkylation sites (N-methyl/N-ethyl adjacent to an activating group) is 1. The average Bonchev–Trinajstić information content (AvgIpc) is 2.93. The number of aryl methyl sites for hydroxylation is 1. The summed E-state index contributed by atoms with van der Waals surface area (Å²) < 4.78 is 32.6. The summed E-state index contributed by atoms with van der Waals surface area (Å²) in [4.78, 5) is 12.3. The standard InChI is InChI=1S/C15H18N2O4S2/c1-3-16-14(18)10-21-13-6-4-5-12(9-13)17-23(19,20)15-8-7-11(2)22-15/h4-9,17H,3,10H2,1-2H3,(H,16,18). The van der Waals surface area contributed by atoms with Crippen molar-refractivity contribution in [3.63, 3.8) is 0 Å². The van der Waals surface area contributed by atoms with Crippen LogP contribution in [0.3, 0.4) is 0 Å². The van der Waals surface area contributed by atoms with Crippen molar-refractivity contribution in [3.05, 3.63) is 41.3 Å². The van der Waals surface area contributed by atoms with E-state index in [9.17, 15) is 13.2 Å². The second kappa shape index (κ2) is 7.47. The van der Waals surface area contributed by atoms with Crippen molar-refractivity contribution in [1.29, 1.82) is 0 Å².